The molecule has 1 aliphatic rings. The number of fused-ring (bicyclic) bond motifs is 1. The van der Waals surface area contributed by atoms with Gasteiger partial charge in [0.05, 0.1) is 0 Å². The lowest BCUT2D eigenvalue weighted by Gasteiger charge is -2.18. The van der Waals surface area contributed by atoms with E-state index in [-0.39, 0.29) is 6.04 Å². The zero-order chi connectivity index (χ0) is 7.84. The van der Waals surface area contributed by atoms with Gasteiger partial charge in [-0.3, -0.25) is 5.10 Å². The fraction of sp³-hybridized carbons (Fsp3) is 0.571. The summed E-state index contributed by atoms with van der Waals surface area (Å²) in [6.45, 7) is 2.85. The summed E-state index contributed by atoms with van der Waals surface area (Å²) in [5.74, 6) is 0.976. The van der Waals surface area contributed by atoms with Gasteiger partial charge >= 0.3 is 0 Å². The molecule has 0 saturated heterocycles. The Balaban J connectivity index is 2.37. The minimum atomic E-state index is 0.235. The number of hydrogen-bond donors (Lipinski definition) is 3. The van der Waals surface area contributed by atoms with Crippen LogP contribution in [-0.2, 0) is 6.42 Å². The number of nitrogens with two attached hydrogens (primary N) is 1. The third kappa shape index (κ3) is 0.991. The fourth-order valence-corrected chi connectivity index (χ4v) is 1.41. The molecule has 0 saturated carbocycles. The Kier molecular flexibility index (Phi) is 1.35. The van der Waals surface area contributed by atoms with Crippen LogP contribution in [0, 0.1) is 6.92 Å². The number of nitrogens with one attached hydrogen (secondary N) is 2. The molecule has 0 aliphatic carbocycles. The number of rotatable bonds is 0. The van der Waals surface area contributed by atoms with E-state index in [0.29, 0.717) is 0 Å². The van der Waals surface area contributed by atoms with E-state index in [1.165, 1.54) is 5.56 Å². The second-order valence-electron chi connectivity index (χ2n) is 3.02. The zero-order valence-electron chi connectivity index (χ0n) is 6.52. The highest BCUT2D eigenvalue weighted by molar-refractivity contribution is 5.49. The van der Waals surface area contributed by atoms with Gasteiger partial charge in [0.1, 0.15) is 0 Å². The van der Waals surface area contributed by atoms with Crippen molar-refractivity contribution in [2.75, 3.05) is 11.9 Å². The molecule has 1 aromatic rings. The highest BCUT2D eigenvalue weighted by atomic mass is 15.2. The van der Waals surface area contributed by atoms with Gasteiger partial charge in [-0.2, -0.15) is 5.10 Å². The van der Waals surface area contributed by atoms with E-state index in [4.69, 9.17) is 5.73 Å². The van der Waals surface area contributed by atoms with Crippen molar-refractivity contribution in [1.82, 2.24) is 10.2 Å². The first kappa shape index (κ1) is 6.67. The molecule has 0 amide bonds. The Morgan fingerprint density at radius 2 is 2.45 bits per heavy atom. The molecule has 2 heterocycles. The van der Waals surface area contributed by atoms with E-state index in [1.54, 1.807) is 0 Å². The molecule has 1 aromatic heterocycles. The number of aryl methyl sites for hydroxylation is 1. The van der Waals surface area contributed by atoms with Gasteiger partial charge in [0.25, 0.3) is 0 Å². The average molecular weight is 152 g/mol. The van der Waals surface area contributed by atoms with Crippen molar-refractivity contribution in [3.63, 3.8) is 0 Å². The Morgan fingerprint density at radius 1 is 1.64 bits per heavy atom. The third-order valence-corrected chi connectivity index (χ3v) is 2.07. The Labute approximate surface area is 65.2 Å². The van der Waals surface area contributed by atoms with Crippen LogP contribution < -0.4 is 11.1 Å². The molecule has 4 N–H and O–H groups in total. The number of hydrogen-bond acceptors (Lipinski definition) is 3. The molecule has 0 radical (unpaired) electrons. The molecule has 0 unspecified atom stereocenters. The van der Waals surface area contributed by atoms with Crippen LogP contribution in [0.1, 0.15) is 11.3 Å². The maximum absolute atomic E-state index is 5.77. The maximum atomic E-state index is 5.77. The van der Waals surface area contributed by atoms with Crippen molar-refractivity contribution in [1.29, 1.82) is 0 Å². The molecule has 4 heteroatoms. The van der Waals surface area contributed by atoms with E-state index in [9.17, 15) is 0 Å². The van der Waals surface area contributed by atoms with Crippen molar-refractivity contribution in [2.45, 2.75) is 19.4 Å². The number of H-pyrrole nitrogens is 1. The summed E-state index contributed by atoms with van der Waals surface area (Å²) in [6, 6.07) is 0.235. The van der Waals surface area contributed by atoms with Crippen LogP contribution in [0.15, 0.2) is 0 Å². The molecule has 0 bridgehead atoms. The fourth-order valence-electron chi connectivity index (χ4n) is 1.41. The second kappa shape index (κ2) is 2.23. The molecule has 1 atom stereocenters. The standard InChI is InChI=1S/C7H12N4/c1-4-6-2-5(8)3-9-7(6)11-10-4/h5H,2-3,8H2,1H3,(H2,9,10,11)/t5-/m0/s1. The lowest BCUT2D eigenvalue weighted by atomic mass is 10.0. The summed E-state index contributed by atoms with van der Waals surface area (Å²) in [7, 11) is 0. The first-order valence-electron chi connectivity index (χ1n) is 3.80. The van der Waals surface area contributed by atoms with Crippen molar-refractivity contribution >= 4 is 5.82 Å². The largest absolute Gasteiger partial charge is 0.367 e. The summed E-state index contributed by atoms with van der Waals surface area (Å²) in [5.41, 5.74) is 8.14. The van der Waals surface area contributed by atoms with Gasteiger partial charge in [0.2, 0.25) is 0 Å². The van der Waals surface area contributed by atoms with Crippen molar-refractivity contribution in [3.8, 4) is 0 Å². The Bertz CT molecular complexity index is 265. The summed E-state index contributed by atoms with van der Waals surface area (Å²) in [6.07, 6.45) is 0.935. The molecular weight excluding hydrogens is 140 g/mol. The number of aromatic nitrogens is 2. The molecule has 1 aliphatic heterocycles. The van der Waals surface area contributed by atoms with Crippen LogP contribution in [0.25, 0.3) is 0 Å². The van der Waals surface area contributed by atoms with Gasteiger partial charge in [-0.25, -0.2) is 0 Å². The molecule has 0 spiro atoms. The SMILES string of the molecule is Cc1[nH]nc2c1C[C@H](N)CN2. The third-order valence-electron chi connectivity index (χ3n) is 2.07. The predicted molar refractivity (Wildman–Crippen MR) is 43.5 cm³/mol. The summed E-state index contributed by atoms with van der Waals surface area (Å²) < 4.78 is 0. The summed E-state index contributed by atoms with van der Waals surface area (Å²) in [4.78, 5) is 0. The second-order valence-corrected chi connectivity index (χ2v) is 3.02. The van der Waals surface area contributed by atoms with Crippen LogP contribution in [-0.4, -0.2) is 22.8 Å². The molecule has 2 rings (SSSR count). The van der Waals surface area contributed by atoms with Gasteiger partial charge in [-0.15, -0.1) is 0 Å². The highest BCUT2D eigenvalue weighted by Crippen LogP contribution is 2.20. The van der Waals surface area contributed by atoms with Crippen LogP contribution in [0.2, 0.25) is 0 Å². The van der Waals surface area contributed by atoms with Crippen molar-refractivity contribution < 1.29 is 0 Å². The van der Waals surface area contributed by atoms with E-state index in [2.05, 4.69) is 15.5 Å². The number of aromatic amines is 1. The van der Waals surface area contributed by atoms with E-state index < -0.39 is 0 Å². The lowest BCUT2D eigenvalue weighted by Crippen LogP contribution is -2.35. The zero-order valence-corrected chi connectivity index (χ0v) is 6.52. The molecule has 11 heavy (non-hydrogen) atoms. The molecule has 0 fully saturated rings. The van der Waals surface area contributed by atoms with E-state index in [0.717, 1.165) is 24.5 Å². The average Bonchev–Trinajstić information content (AvgIpc) is 2.33. The van der Waals surface area contributed by atoms with Gasteiger partial charge in [-0.05, 0) is 13.3 Å². The van der Waals surface area contributed by atoms with Crippen LogP contribution >= 0.6 is 0 Å². The smallest absolute Gasteiger partial charge is 0.151 e. The van der Waals surface area contributed by atoms with Crippen molar-refractivity contribution in [2.24, 2.45) is 5.73 Å². The first-order valence-corrected chi connectivity index (χ1v) is 3.80. The van der Waals surface area contributed by atoms with Crippen LogP contribution in [0.3, 0.4) is 0 Å². The molecule has 4 nitrogen and oxygen atoms in total. The number of anilines is 1. The summed E-state index contributed by atoms with van der Waals surface area (Å²) >= 11 is 0. The predicted octanol–water partition coefficient (Wildman–Crippen LogP) is 0.0134. The minimum Gasteiger partial charge on any atom is -0.367 e. The van der Waals surface area contributed by atoms with E-state index >= 15 is 0 Å². The first-order chi connectivity index (χ1) is 5.27. The van der Waals surface area contributed by atoms with Crippen LogP contribution in [0.4, 0.5) is 5.82 Å². The van der Waals surface area contributed by atoms with Gasteiger partial charge in [-0.1, -0.05) is 0 Å². The molecular formula is C7H12N4. The topological polar surface area (TPSA) is 66.7 Å². The normalized spacial score (nSPS) is 22.5. The van der Waals surface area contributed by atoms with Gasteiger partial charge in [0.15, 0.2) is 5.82 Å². The maximum Gasteiger partial charge on any atom is 0.151 e. The molecule has 0 aromatic carbocycles. The van der Waals surface area contributed by atoms with Crippen LogP contribution in [0.5, 0.6) is 0 Å². The molecule has 60 valence electrons. The number of nitrogens with zero attached hydrogens (tertiary/aromatic N) is 1. The summed E-state index contributed by atoms with van der Waals surface area (Å²) in [5, 5.41) is 10.2. The quantitative estimate of drug-likeness (QED) is 0.490. The Morgan fingerprint density at radius 3 is 3.27 bits per heavy atom. The minimum absolute atomic E-state index is 0.235. The monoisotopic (exact) mass is 152 g/mol. The van der Waals surface area contributed by atoms with E-state index in [1.807, 2.05) is 6.92 Å². The Hall–Kier alpha value is -1.03. The van der Waals surface area contributed by atoms with Crippen molar-refractivity contribution in [3.05, 3.63) is 11.3 Å². The highest BCUT2D eigenvalue weighted by Gasteiger charge is 2.18. The van der Waals surface area contributed by atoms with Gasteiger partial charge in [0, 0.05) is 23.8 Å². The lowest BCUT2D eigenvalue weighted by molar-refractivity contribution is 0.676. The van der Waals surface area contributed by atoms with Gasteiger partial charge < -0.3 is 11.1 Å².